The van der Waals surface area contributed by atoms with Gasteiger partial charge in [-0.3, -0.25) is 0 Å². The smallest absolute Gasteiger partial charge is 0.339 e. The molecule has 0 amide bonds. The maximum atomic E-state index is 12.1. The van der Waals surface area contributed by atoms with E-state index in [-0.39, 0.29) is 12.1 Å². The van der Waals surface area contributed by atoms with Crippen LogP contribution in [0.25, 0.3) is 5.57 Å². The number of hydrogen-bond acceptors (Lipinski definition) is 2. The molecule has 108 valence electrons. The zero-order valence-electron chi connectivity index (χ0n) is 12.5. The van der Waals surface area contributed by atoms with Crippen molar-refractivity contribution in [2.24, 2.45) is 0 Å². The molecule has 0 fully saturated rings. The van der Waals surface area contributed by atoms with Gasteiger partial charge in [0, 0.05) is 0 Å². The molecule has 0 radical (unpaired) electrons. The molecule has 1 aromatic carbocycles. The van der Waals surface area contributed by atoms with Crippen molar-refractivity contribution >= 4 is 11.5 Å². The summed E-state index contributed by atoms with van der Waals surface area (Å²) in [4.78, 5) is 12.1. The molecule has 1 aromatic rings. The predicted octanol–water partition coefficient (Wildman–Crippen LogP) is 4.99. The van der Waals surface area contributed by atoms with Crippen LogP contribution in [-0.2, 0) is 4.74 Å². The molecule has 1 aliphatic heterocycles. The molecule has 0 aliphatic carbocycles. The molecule has 1 aliphatic rings. The molecule has 2 heteroatoms. The third-order valence-corrected chi connectivity index (χ3v) is 3.80. The Bertz CT molecular complexity index is 488. The lowest BCUT2D eigenvalue weighted by atomic mass is 9.89. The van der Waals surface area contributed by atoms with E-state index in [9.17, 15) is 4.79 Å². The van der Waals surface area contributed by atoms with Crippen LogP contribution in [0.15, 0.2) is 30.3 Å². The standard InChI is InChI=1S/C18H24O2/c1-3-5-7-11-15-14-10-8-9-12-16(14)18(19)20-17(15)13-6-4-2/h8-12,17H,3-7,13H2,1-2H3/b15-11+. The fourth-order valence-electron chi connectivity index (χ4n) is 2.65. The van der Waals surface area contributed by atoms with Gasteiger partial charge in [-0.2, -0.15) is 0 Å². The number of carbonyl (C=O) groups is 1. The number of hydrogen-bond donors (Lipinski definition) is 0. The zero-order chi connectivity index (χ0) is 14.4. The number of allylic oxidation sites excluding steroid dienone is 1. The fourth-order valence-corrected chi connectivity index (χ4v) is 2.65. The number of esters is 1. The lowest BCUT2D eigenvalue weighted by Crippen LogP contribution is -2.26. The number of carbonyl (C=O) groups excluding carboxylic acids is 1. The van der Waals surface area contributed by atoms with E-state index in [0.29, 0.717) is 5.56 Å². The maximum Gasteiger partial charge on any atom is 0.339 e. The highest BCUT2D eigenvalue weighted by Gasteiger charge is 2.29. The third kappa shape index (κ3) is 3.30. The quantitative estimate of drug-likeness (QED) is 0.538. The molecule has 0 saturated heterocycles. The van der Waals surface area contributed by atoms with Gasteiger partial charge in [-0.25, -0.2) is 4.79 Å². The van der Waals surface area contributed by atoms with Gasteiger partial charge < -0.3 is 4.74 Å². The van der Waals surface area contributed by atoms with Gasteiger partial charge in [-0.05, 0) is 36.5 Å². The second kappa shape index (κ2) is 7.28. The molecular weight excluding hydrogens is 248 g/mol. The van der Waals surface area contributed by atoms with E-state index in [0.717, 1.165) is 31.2 Å². The SMILES string of the molecule is CCCC/C=C1\c2ccccc2C(=O)OC1CCCC. The van der Waals surface area contributed by atoms with Gasteiger partial charge >= 0.3 is 5.97 Å². The lowest BCUT2D eigenvalue weighted by Gasteiger charge is -2.28. The van der Waals surface area contributed by atoms with E-state index in [4.69, 9.17) is 4.74 Å². The summed E-state index contributed by atoms with van der Waals surface area (Å²) in [5.74, 6) is -0.172. The highest BCUT2D eigenvalue weighted by atomic mass is 16.5. The van der Waals surface area contributed by atoms with E-state index in [1.54, 1.807) is 0 Å². The number of cyclic esters (lactones) is 1. The van der Waals surface area contributed by atoms with E-state index >= 15 is 0 Å². The molecular formula is C18H24O2. The minimum atomic E-state index is -0.172. The van der Waals surface area contributed by atoms with Crippen LogP contribution in [0.5, 0.6) is 0 Å². The molecule has 20 heavy (non-hydrogen) atoms. The van der Waals surface area contributed by atoms with Crippen LogP contribution < -0.4 is 0 Å². The van der Waals surface area contributed by atoms with Gasteiger partial charge in [0.15, 0.2) is 0 Å². The van der Waals surface area contributed by atoms with Crippen LogP contribution >= 0.6 is 0 Å². The molecule has 0 spiro atoms. The summed E-state index contributed by atoms with van der Waals surface area (Å²) in [6, 6.07) is 7.81. The Morgan fingerprint density at radius 1 is 1.10 bits per heavy atom. The Kier molecular flexibility index (Phi) is 5.40. The highest BCUT2D eigenvalue weighted by Crippen LogP contribution is 2.33. The maximum absolute atomic E-state index is 12.1. The van der Waals surface area contributed by atoms with Gasteiger partial charge in [-0.15, -0.1) is 0 Å². The minimum Gasteiger partial charge on any atom is -0.454 e. The van der Waals surface area contributed by atoms with Crippen molar-refractivity contribution in [2.75, 3.05) is 0 Å². The van der Waals surface area contributed by atoms with Gasteiger partial charge in [0.05, 0.1) is 5.56 Å². The topological polar surface area (TPSA) is 26.3 Å². The first-order valence-electron chi connectivity index (χ1n) is 7.78. The molecule has 0 N–H and O–H groups in total. The Morgan fingerprint density at radius 2 is 1.80 bits per heavy atom. The molecule has 1 unspecified atom stereocenters. The van der Waals surface area contributed by atoms with Crippen LogP contribution in [0, 0.1) is 0 Å². The van der Waals surface area contributed by atoms with Crippen molar-refractivity contribution in [3.63, 3.8) is 0 Å². The van der Waals surface area contributed by atoms with E-state index < -0.39 is 0 Å². The second-order valence-corrected chi connectivity index (χ2v) is 5.38. The van der Waals surface area contributed by atoms with Gasteiger partial charge in [0.2, 0.25) is 0 Å². The predicted molar refractivity (Wildman–Crippen MR) is 82.7 cm³/mol. The summed E-state index contributed by atoms with van der Waals surface area (Å²) in [5, 5.41) is 0. The van der Waals surface area contributed by atoms with Crippen LogP contribution in [-0.4, -0.2) is 12.1 Å². The van der Waals surface area contributed by atoms with Crippen molar-refractivity contribution in [1.82, 2.24) is 0 Å². The zero-order valence-corrected chi connectivity index (χ0v) is 12.5. The first-order valence-corrected chi connectivity index (χ1v) is 7.78. The largest absolute Gasteiger partial charge is 0.454 e. The normalized spacial score (nSPS) is 19.8. The third-order valence-electron chi connectivity index (χ3n) is 3.80. The summed E-state index contributed by atoms with van der Waals surface area (Å²) in [6.07, 6.45) is 8.77. The van der Waals surface area contributed by atoms with Crippen LogP contribution in [0.4, 0.5) is 0 Å². The second-order valence-electron chi connectivity index (χ2n) is 5.38. The number of benzene rings is 1. The Balaban J connectivity index is 2.30. The Labute approximate surface area is 121 Å². The summed E-state index contributed by atoms with van der Waals surface area (Å²) in [6.45, 7) is 4.36. The molecule has 2 rings (SSSR count). The van der Waals surface area contributed by atoms with Crippen LogP contribution in [0.1, 0.15) is 68.3 Å². The lowest BCUT2D eigenvalue weighted by molar-refractivity contribution is 0.0373. The van der Waals surface area contributed by atoms with E-state index in [1.165, 1.54) is 18.4 Å². The van der Waals surface area contributed by atoms with Crippen molar-refractivity contribution in [3.8, 4) is 0 Å². The van der Waals surface area contributed by atoms with Gasteiger partial charge in [0.1, 0.15) is 6.10 Å². The van der Waals surface area contributed by atoms with Crippen molar-refractivity contribution in [2.45, 2.75) is 58.5 Å². The fraction of sp³-hybridized carbons (Fsp3) is 0.500. The molecule has 0 bridgehead atoms. The molecule has 0 aromatic heterocycles. The molecule has 2 nitrogen and oxygen atoms in total. The van der Waals surface area contributed by atoms with E-state index in [2.05, 4.69) is 19.9 Å². The molecule has 0 saturated carbocycles. The van der Waals surface area contributed by atoms with Gasteiger partial charge in [-0.1, -0.05) is 57.4 Å². The number of ether oxygens (including phenoxy) is 1. The summed E-state index contributed by atoms with van der Waals surface area (Å²) >= 11 is 0. The van der Waals surface area contributed by atoms with Crippen molar-refractivity contribution in [3.05, 3.63) is 41.5 Å². The Morgan fingerprint density at radius 3 is 2.50 bits per heavy atom. The first-order chi connectivity index (χ1) is 9.77. The Hall–Kier alpha value is -1.57. The van der Waals surface area contributed by atoms with Crippen LogP contribution in [0.2, 0.25) is 0 Å². The van der Waals surface area contributed by atoms with Crippen LogP contribution in [0.3, 0.4) is 0 Å². The number of rotatable bonds is 6. The average Bonchev–Trinajstić information content (AvgIpc) is 2.48. The minimum absolute atomic E-state index is 0.0609. The first kappa shape index (κ1) is 14.8. The monoisotopic (exact) mass is 272 g/mol. The summed E-state index contributed by atoms with van der Waals surface area (Å²) in [5.41, 5.74) is 2.99. The van der Waals surface area contributed by atoms with Crippen molar-refractivity contribution in [1.29, 1.82) is 0 Å². The van der Waals surface area contributed by atoms with Gasteiger partial charge in [0.25, 0.3) is 0 Å². The molecule has 1 atom stereocenters. The number of fused-ring (bicyclic) bond motifs is 1. The highest BCUT2D eigenvalue weighted by molar-refractivity contribution is 5.99. The van der Waals surface area contributed by atoms with E-state index in [1.807, 2.05) is 24.3 Å². The molecule has 1 heterocycles. The number of unbranched alkanes of at least 4 members (excludes halogenated alkanes) is 3. The summed E-state index contributed by atoms with van der Waals surface area (Å²) < 4.78 is 5.65. The van der Waals surface area contributed by atoms with Crippen molar-refractivity contribution < 1.29 is 9.53 Å². The summed E-state index contributed by atoms with van der Waals surface area (Å²) in [7, 11) is 0. The average molecular weight is 272 g/mol.